The second kappa shape index (κ2) is 8.19. The van der Waals surface area contributed by atoms with E-state index < -0.39 is 0 Å². The number of piperazine rings is 1. The summed E-state index contributed by atoms with van der Waals surface area (Å²) in [4.78, 5) is 31.4. The third kappa shape index (κ3) is 3.69. The van der Waals surface area contributed by atoms with Gasteiger partial charge in [-0.15, -0.1) is 0 Å². The van der Waals surface area contributed by atoms with Crippen molar-refractivity contribution in [2.75, 3.05) is 53.9 Å². The molecular formula is C23H34N4O3. The van der Waals surface area contributed by atoms with Crippen LogP contribution in [0, 0.1) is 0 Å². The quantitative estimate of drug-likeness (QED) is 0.792. The van der Waals surface area contributed by atoms with Gasteiger partial charge in [0.1, 0.15) is 5.75 Å². The number of rotatable bonds is 4. The molecule has 2 amide bonds. The van der Waals surface area contributed by atoms with Gasteiger partial charge < -0.3 is 19.9 Å². The number of ether oxygens (including phenoxy) is 1. The number of carbonyl (C=O) groups excluding carboxylic acids is 2. The van der Waals surface area contributed by atoms with E-state index in [0.29, 0.717) is 13.1 Å². The topological polar surface area (TPSA) is 65.1 Å². The largest absolute Gasteiger partial charge is 0.497 e. The predicted molar refractivity (Wildman–Crippen MR) is 116 cm³/mol. The lowest BCUT2D eigenvalue weighted by Gasteiger charge is -2.51. The van der Waals surface area contributed by atoms with Crippen LogP contribution in [0.1, 0.15) is 30.9 Å². The van der Waals surface area contributed by atoms with Crippen LogP contribution in [0.4, 0.5) is 0 Å². The number of likely N-dealkylation sites (tertiary alicyclic amines) is 1. The van der Waals surface area contributed by atoms with Crippen molar-refractivity contribution in [3.63, 3.8) is 0 Å². The highest BCUT2D eigenvalue weighted by Crippen LogP contribution is 2.47. The molecule has 4 rings (SSSR count). The molecule has 0 saturated carbocycles. The van der Waals surface area contributed by atoms with Crippen LogP contribution in [0.5, 0.6) is 5.75 Å². The first kappa shape index (κ1) is 21.1. The Morgan fingerprint density at radius 2 is 2.17 bits per heavy atom. The van der Waals surface area contributed by atoms with E-state index in [1.807, 2.05) is 22.9 Å². The maximum atomic E-state index is 13.4. The van der Waals surface area contributed by atoms with Crippen LogP contribution >= 0.6 is 0 Å². The maximum absolute atomic E-state index is 13.4. The zero-order chi connectivity index (χ0) is 21.5. The zero-order valence-electron chi connectivity index (χ0n) is 18.6. The molecule has 1 aromatic carbocycles. The standard InChI is InChI=1S/C23H34N4O3/c1-23-8-5-10-25(2)19(12-16-6-7-17(30-4)13-18(16)23)22(23)26(3)21(29)15-27-11-9-24-20(28)14-27/h6-7,13,19,22H,5,8-12,14-15H2,1-4H3,(H,24,28)/t19-,22+,23+/m1/s1. The lowest BCUT2D eigenvalue weighted by atomic mass is 9.64. The fourth-order valence-corrected chi connectivity index (χ4v) is 5.82. The van der Waals surface area contributed by atoms with E-state index in [0.717, 1.165) is 38.1 Å². The molecule has 2 fully saturated rings. The van der Waals surface area contributed by atoms with Crippen LogP contribution < -0.4 is 10.1 Å². The van der Waals surface area contributed by atoms with Gasteiger partial charge in [0, 0.05) is 31.6 Å². The van der Waals surface area contributed by atoms with Crippen molar-refractivity contribution in [1.82, 2.24) is 20.0 Å². The summed E-state index contributed by atoms with van der Waals surface area (Å²) >= 11 is 0. The van der Waals surface area contributed by atoms with Gasteiger partial charge in [0.2, 0.25) is 11.8 Å². The van der Waals surface area contributed by atoms with Crippen molar-refractivity contribution in [3.8, 4) is 5.75 Å². The SMILES string of the molecule is COc1ccc2c(c1)[C@]1(C)CCCN(C)[C@H](C2)[C@@H]1N(C)C(=O)CN1CCNC(=O)C1. The van der Waals surface area contributed by atoms with Gasteiger partial charge in [-0.1, -0.05) is 13.0 Å². The number of hydrogen-bond acceptors (Lipinski definition) is 5. The summed E-state index contributed by atoms with van der Waals surface area (Å²) in [6.07, 6.45) is 3.06. The Labute approximate surface area is 179 Å². The van der Waals surface area contributed by atoms with Gasteiger partial charge in [-0.2, -0.15) is 0 Å². The van der Waals surface area contributed by atoms with Crippen LogP contribution in [0.2, 0.25) is 0 Å². The summed E-state index contributed by atoms with van der Waals surface area (Å²) in [5.74, 6) is 0.960. The number of hydrogen-bond donors (Lipinski definition) is 1. The van der Waals surface area contributed by atoms with Gasteiger partial charge in [-0.25, -0.2) is 0 Å². The second-order valence-electron chi connectivity index (χ2n) is 9.31. The van der Waals surface area contributed by atoms with E-state index in [4.69, 9.17) is 4.74 Å². The fourth-order valence-electron chi connectivity index (χ4n) is 5.82. The molecule has 1 N–H and O–H groups in total. The number of fused-ring (bicyclic) bond motifs is 4. The van der Waals surface area contributed by atoms with Crippen molar-refractivity contribution in [2.45, 2.75) is 43.7 Å². The number of methoxy groups -OCH3 is 1. The lowest BCUT2D eigenvalue weighted by molar-refractivity contribution is -0.137. The molecule has 3 atom stereocenters. The molecule has 7 nitrogen and oxygen atoms in total. The van der Waals surface area contributed by atoms with Gasteiger partial charge in [0.05, 0.1) is 26.2 Å². The zero-order valence-corrected chi connectivity index (χ0v) is 18.6. The number of benzene rings is 1. The highest BCUT2D eigenvalue weighted by atomic mass is 16.5. The van der Waals surface area contributed by atoms with Gasteiger partial charge in [-0.3, -0.25) is 14.5 Å². The highest BCUT2D eigenvalue weighted by molar-refractivity contribution is 5.82. The number of amides is 2. The summed E-state index contributed by atoms with van der Waals surface area (Å²) in [7, 11) is 5.84. The molecule has 164 valence electrons. The van der Waals surface area contributed by atoms with Crippen molar-refractivity contribution in [2.24, 2.45) is 0 Å². The van der Waals surface area contributed by atoms with Gasteiger partial charge in [-0.05, 0) is 56.1 Å². The van der Waals surface area contributed by atoms with Crippen LogP contribution in [0.25, 0.3) is 0 Å². The Kier molecular flexibility index (Phi) is 5.77. The molecule has 7 heteroatoms. The summed E-state index contributed by atoms with van der Waals surface area (Å²) in [6.45, 7) is 5.27. The van der Waals surface area contributed by atoms with E-state index in [-0.39, 0.29) is 35.9 Å². The van der Waals surface area contributed by atoms with E-state index in [1.165, 1.54) is 11.1 Å². The van der Waals surface area contributed by atoms with E-state index in [2.05, 4.69) is 36.3 Å². The minimum absolute atomic E-state index is 0.00393. The molecule has 2 saturated heterocycles. The molecule has 0 spiro atoms. The number of carbonyl (C=O) groups is 2. The molecule has 0 aromatic heterocycles. The van der Waals surface area contributed by atoms with E-state index in [9.17, 15) is 9.59 Å². The Bertz CT molecular complexity index is 829. The second-order valence-corrected chi connectivity index (χ2v) is 9.31. The summed E-state index contributed by atoms with van der Waals surface area (Å²) in [6, 6.07) is 6.78. The first-order chi connectivity index (χ1) is 14.3. The van der Waals surface area contributed by atoms with Crippen LogP contribution in [-0.2, 0) is 21.4 Å². The van der Waals surface area contributed by atoms with Crippen molar-refractivity contribution in [1.29, 1.82) is 0 Å². The molecule has 2 bridgehead atoms. The molecule has 0 unspecified atom stereocenters. The third-order valence-corrected chi connectivity index (χ3v) is 7.44. The maximum Gasteiger partial charge on any atom is 0.236 e. The van der Waals surface area contributed by atoms with E-state index >= 15 is 0 Å². The molecule has 2 heterocycles. The molecule has 1 aromatic rings. The number of nitrogens with zero attached hydrogens (tertiary/aromatic N) is 3. The predicted octanol–water partition coefficient (Wildman–Crippen LogP) is 0.862. The Morgan fingerprint density at radius 3 is 2.90 bits per heavy atom. The van der Waals surface area contributed by atoms with Gasteiger partial charge in [0.25, 0.3) is 0 Å². The fraction of sp³-hybridized carbons (Fsp3) is 0.652. The smallest absolute Gasteiger partial charge is 0.236 e. The van der Waals surface area contributed by atoms with Crippen LogP contribution in [-0.4, -0.2) is 92.5 Å². The van der Waals surface area contributed by atoms with Crippen molar-refractivity contribution < 1.29 is 14.3 Å². The van der Waals surface area contributed by atoms with Crippen LogP contribution in [0.3, 0.4) is 0 Å². The normalized spacial score (nSPS) is 29.5. The van der Waals surface area contributed by atoms with Crippen molar-refractivity contribution in [3.05, 3.63) is 29.3 Å². The van der Waals surface area contributed by atoms with E-state index in [1.54, 1.807) is 7.11 Å². The first-order valence-electron chi connectivity index (χ1n) is 11.0. The average Bonchev–Trinajstić information content (AvgIpc) is 2.81. The lowest BCUT2D eigenvalue weighted by Crippen LogP contribution is -2.63. The molecule has 30 heavy (non-hydrogen) atoms. The monoisotopic (exact) mass is 414 g/mol. The Balaban J connectivity index is 1.66. The number of nitrogens with one attached hydrogen (secondary N) is 1. The summed E-state index contributed by atoms with van der Waals surface area (Å²) < 4.78 is 5.53. The minimum atomic E-state index is -0.138. The Morgan fingerprint density at radius 1 is 1.37 bits per heavy atom. The van der Waals surface area contributed by atoms with Crippen LogP contribution in [0.15, 0.2) is 18.2 Å². The Hall–Kier alpha value is -2.12. The molecule has 0 radical (unpaired) electrons. The summed E-state index contributed by atoms with van der Waals surface area (Å²) in [5.41, 5.74) is 2.54. The first-order valence-corrected chi connectivity index (χ1v) is 11.0. The number of likely N-dealkylation sites (N-methyl/N-ethyl adjacent to an activating group) is 2. The van der Waals surface area contributed by atoms with Gasteiger partial charge in [0.15, 0.2) is 0 Å². The molecule has 3 aliphatic rings. The molecular weight excluding hydrogens is 380 g/mol. The molecule has 1 aliphatic carbocycles. The van der Waals surface area contributed by atoms with Gasteiger partial charge >= 0.3 is 0 Å². The molecule has 2 aliphatic heterocycles. The average molecular weight is 415 g/mol. The van der Waals surface area contributed by atoms with Crippen molar-refractivity contribution >= 4 is 11.8 Å². The third-order valence-electron chi connectivity index (χ3n) is 7.44. The minimum Gasteiger partial charge on any atom is -0.497 e. The summed E-state index contributed by atoms with van der Waals surface area (Å²) in [5, 5.41) is 2.83. The highest BCUT2D eigenvalue weighted by Gasteiger charge is 2.51.